The Morgan fingerprint density at radius 2 is 2.12 bits per heavy atom. The van der Waals surface area contributed by atoms with Gasteiger partial charge in [-0.1, -0.05) is 60.2 Å². The number of halogens is 1. The van der Waals surface area contributed by atoms with Crippen LogP contribution in [0.5, 0.6) is 0 Å². The first-order valence-electron chi connectivity index (χ1n) is 5.82. The number of hydrogen-bond donors (Lipinski definition) is 1. The molecule has 0 fully saturated rings. The maximum Gasteiger partial charge on any atom is 0.306 e. The van der Waals surface area contributed by atoms with E-state index in [1.807, 2.05) is 6.08 Å². The van der Waals surface area contributed by atoms with Gasteiger partial charge >= 0.3 is 5.97 Å². The summed E-state index contributed by atoms with van der Waals surface area (Å²) < 4.78 is -0.108. The number of hydrogen-bond acceptors (Lipinski definition) is 1. The van der Waals surface area contributed by atoms with E-state index in [1.54, 1.807) is 6.92 Å². The van der Waals surface area contributed by atoms with Crippen LogP contribution in [-0.4, -0.2) is 15.4 Å². The first-order valence-corrected chi connectivity index (χ1v) is 6.61. The predicted molar refractivity (Wildman–Crippen MR) is 74.3 cm³/mol. The largest absolute Gasteiger partial charge is 0.481 e. The van der Waals surface area contributed by atoms with E-state index in [4.69, 9.17) is 5.11 Å². The Balaban J connectivity index is 2.71. The maximum atomic E-state index is 10.8. The molecule has 94 valence electrons. The highest BCUT2D eigenvalue weighted by molar-refractivity contribution is 9.10. The van der Waals surface area contributed by atoms with E-state index in [0.717, 1.165) is 0 Å². The molecular weight excluding hydrogens is 280 g/mol. The zero-order valence-electron chi connectivity index (χ0n) is 10.5. The second-order valence-corrected chi connectivity index (χ2v) is 6.60. The molecule has 0 saturated carbocycles. The third kappa shape index (κ3) is 4.50. The highest BCUT2D eigenvalue weighted by Crippen LogP contribution is 2.28. The number of carboxylic acid groups (broad SMARTS) is 1. The molecule has 3 atom stereocenters. The minimum Gasteiger partial charge on any atom is -0.481 e. The van der Waals surface area contributed by atoms with Crippen LogP contribution in [0.1, 0.15) is 27.2 Å². The fourth-order valence-corrected chi connectivity index (χ4v) is 2.10. The smallest absolute Gasteiger partial charge is 0.306 e. The van der Waals surface area contributed by atoms with Crippen molar-refractivity contribution < 1.29 is 9.90 Å². The lowest BCUT2D eigenvalue weighted by atomic mass is 9.90. The van der Waals surface area contributed by atoms with Crippen LogP contribution in [0.4, 0.5) is 0 Å². The Labute approximate surface area is 111 Å². The van der Waals surface area contributed by atoms with E-state index in [0.29, 0.717) is 6.42 Å². The van der Waals surface area contributed by atoms with Crippen LogP contribution in [0.3, 0.4) is 0 Å². The van der Waals surface area contributed by atoms with Gasteiger partial charge in [0.2, 0.25) is 0 Å². The van der Waals surface area contributed by atoms with Crippen LogP contribution >= 0.6 is 15.9 Å². The molecule has 0 bridgehead atoms. The van der Waals surface area contributed by atoms with Gasteiger partial charge in [-0.25, -0.2) is 0 Å². The second-order valence-electron chi connectivity index (χ2n) is 4.89. The highest BCUT2D eigenvalue weighted by Gasteiger charge is 2.19. The van der Waals surface area contributed by atoms with E-state index < -0.39 is 5.97 Å². The molecule has 0 amide bonds. The molecule has 1 N–H and O–H groups in total. The topological polar surface area (TPSA) is 37.3 Å². The first-order chi connectivity index (χ1) is 7.82. The Kier molecular flexibility index (Phi) is 4.75. The van der Waals surface area contributed by atoms with E-state index in [9.17, 15) is 4.79 Å². The number of allylic oxidation sites excluding steroid dienone is 6. The van der Waals surface area contributed by atoms with Gasteiger partial charge in [-0.2, -0.15) is 0 Å². The highest BCUT2D eigenvalue weighted by atomic mass is 79.9. The molecule has 0 aromatic heterocycles. The summed E-state index contributed by atoms with van der Waals surface area (Å²) in [5, 5.41) is 8.91. The Hall–Kier alpha value is -0.830. The molecule has 3 unspecified atom stereocenters. The van der Waals surface area contributed by atoms with E-state index in [1.165, 1.54) is 5.57 Å². The summed E-state index contributed by atoms with van der Waals surface area (Å²) in [6.07, 6.45) is 11.0. The van der Waals surface area contributed by atoms with Crippen molar-refractivity contribution in [2.75, 3.05) is 0 Å². The Morgan fingerprint density at radius 3 is 2.71 bits per heavy atom. The van der Waals surface area contributed by atoms with Gasteiger partial charge < -0.3 is 5.11 Å². The average molecular weight is 299 g/mol. The number of aliphatic carboxylic acids is 1. The van der Waals surface area contributed by atoms with Crippen molar-refractivity contribution >= 4 is 21.9 Å². The van der Waals surface area contributed by atoms with Gasteiger partial charge in [0.15, 0.2) is 0 Å². The van der Waals surface area contributed by atoms with Gasteiger partial charge in [0, 0.05) is 0 Å². The quantitative estimate of drug-likeness (QED) is 0.798. The summed E-state index contributed by atoms with van der Waals surface area (Å²) in [6, 6.07) is 0. The van der Waals surface area contributed by atoms with E-state index in [2.05, 4.69) is 54.1 Å². The number of carboxylic acids is 1. The lowest BCUT2D eigenvalue weighted by molar-refractivity contribution is -0.141. The second kappa shape index (κ2) is 5.67. The van der Waals surface area contributed by atoms with Crippen LogP contribution in [0.2, 0.25) is 0 Å². The molecule has 1 aliphatic rings. The van der Waals surface area contributed by atoms with Crippen LogP contribution in [0.25, 0.3) is 0 Å². The first kappa shape index (κ1) is 14.2. The van der Waals surface area contributed by atoms with Crippen molar-refractivity contribution in [3.05, 3.63) is 36.0 Å². The van der Waals surface area contributed by atoms with Gasteiger partial charge in [-0.15, -0.1) is 0 Å². The number of rotatable bonds is 4. The third-order valence-corrected chi connectivity index (χ3v) is 3.54. The molecule has 2 nitrogen and oxygen atoms in total. The zero-order chi connectivity index (χ0) is 13.1. The molecule has 0 aliphatic heterocycles. The van der Waals surface area contributed by atoms with Crippen molar-refractivity contribution in [2.45, 2.75) is 31.5 Å². The van der Waals surface area contributed by atoms with Crippen molar-refractivity contribution in [1.82, 2.24) is 0 Å². The van der Waals surface area contributed by atoms with Gasteiger partial charge in [0.05, 0.1) is 10.2 Å². The summed E-state index contributed by atoms with van der Waals surface area (Å²) >= 11 is 3.59. The van der Waals surface area contributed by atoms with Gasteiger partial charge in [0.1, 0.15) is 0 Å². The summed E-state index contributed by atoms with van der Waals surface area (Å²) in [5.74, 6) is -0.777. The van der Waals surface area contributed by atoms with E-state index >= 15 is 0 Å². The van der Waals surface area contributed by atoms with Crippen molar-refractivity contribution in [3.63, 3.8) is 0 Å². The van der Waals surface area contributed by atoms with Gasteiger partial charge in [-0.05, 0) is 24.8 Å². The molecule has 1 aliphatic carbocycles. The molecule has 17 heavy (non-hydrogen) atoms. The summed E-state index contributed by atoms with van der Waals surface area (Å²) in [6.45, 7) is 5.89. The summed E-state index contributed by atoms with van der Waals surface area (Å²) in [4.78, 5) is 10.8. The average Bonchev–Trinajstić information content (AvgIpc) is 2.39. The minimum absolute atomic E-state index is 0.108. The van der Waals surface area contributed by atoms with Crippen molar-refractivity contribution in [1.29, 1.82) is 0 Å². The summed E-state index contributed by atoms with van der Waals surface area (Å²) in [7, 11) is 0. The molecule has 0 spiro atoms. The zero-order valence-corrected chi connectivity index (χ0v) is 12.1. The van der Waals surface area contributed by atoms with Crippen molar-refractivity contribution in [2.24, 2.45) is 11.8 Å². The van der Waals surface area contributed by atoms with Crippen LogP contribution in [0, 0.1) is 11.8 Å². The molecule has 0 radical (unpaired) electrons. The van der Waals surface area contributed by atoms with Gasteiger partial charge in [-0.3, -0.25) is 4.79 Å². The van der Waals surface area contributed by atoms with Gasteiger partial charge in [0.25, 0.3) is 0 Å². The lowest BCUT2D eigenvalue weighted by Crippen LogP contribution is -2.14. The Bertz CT molecular complexity index is 378. The standard InChI is InChI=1S/C14H19BrO2/c1-10(9-11(2)13(16)17)12-5-4-7-14(3,15)8-6-12/h4-8,10-11H,9H2,1-3H3,(H,16,17). The van der Waals surface area contributed by atoms with E-state index in [-0.39, 0.29) is 16.2 Å². The van der Waals surface area contributed by atoms with Crippen LogP contribution in [0.15, 0.2) is 36.0 Å². The fourth-order valence-electron chi connectivity index (χ4n) is 1.81. The molecule has 3 heteroatoms. The number of alkyl halides is 1. The summed E-state index contributed by atoms with van der Waals surface area (Å²) in [5.41, 5.74) is 1.18. The van der Waals surface area contributed by atoms with Crippen LogP contribution in [-0.2, 0) is 4.79 Å². The maximum absolute atomic E-state index is 10.8. The SMILES string of the molecule is CC(CC(C)C1=CC=CC(C)(Br)C=C1)C(=O)O. The molecule has 0 saturated heterocycles. The molecule has 1 rings (SSSR count). The Morgan fingerprint density at radius 1 is 1.47 bits per heavy atom. The van der Waals surface area contributed by atoms with Crippen molar-refractivity contribution in [3.8, 4) is 0 Å². The molecule has 0 aromatic carbocycles. The third-order valence-electron chi connectivity index (χ3n) is 3.01. The fraction of sp³-hybridized carbons (Fsp3) is 0.500. The number of carbonyl (C=O) groups is 1. The molecule has 0 heterocycles. The lowest BCUT2D eigenvalue weighted by Gasteiger charge is -2.15. The minimum atomic E-state index is -0.726. The molecule has 0 aromatic rings. The predicted octanol–water partition coefficient (Wildman–Crippen LogP) is 3.94. The normalized spacial score (nSPS) is 27.2. The monoisotopic (exact) mass is 298 g/mol. The van der Waals surface area contributed by atoms with Crippen LogP contribution < -0.4 is 0 Å². The molecular formula is C14H19BrO2.